The first-order chi connectivity index (χ1) is 9.72. The molecular weight excluding hydrogens is 264 g/mol. The van der Waals surface area contributed by atoms with Crippen molar-refractivity contribution in [2.24, 2.45) is 11.3 Å². The zero-order valence-electron chi connectivity index (χ0n) is 14.2. The van der Waals surface area contributed by atoms with E-state index in [0.29, 0.717) is 6.54 Å². The van der Waals surface area contributed by atoms with E-state index in [1.165, 1.54) is 0 Å². The van der Waals surface area contributed by atoms with Gasteiger partial charge in [0.05, 0.1) is 0 Å². The third-order valence-electron chi connectivity index (χ3n) is 4.68. The number of hydrogen-bond donors (Lipinski definition) is 0. The Kier molecular flexibility index (Phi) is 4.64. The lowest BCUT2D eigenvalue weighted by Gasteiger charge is -2.48. The molecule has 0 aromatic rings. The van der Waals surface area contributed by atoms with Crippen LogP contribution in [0.25, 0.3) is 0 Å². The van der Waals surface area contributed by atoms with Crippen LogP contribution in [-0.4, -0.2) is 46.8 Å². The van der Waals surface area contributed by atoms with Crippen molar-refractivity contribution in [3.05, 3.63) is 0 Å². The maximum atomic E-state index is 12.9. The minimum Gasteiger partial charge on any atom is -0.329 e. The molecule has 0 aromatic carbocycles. The van der Waals surface area contributed by atoms with E-state index in [9.17, 15) is 9.59 Å². The molecule has 0 spiro atoms. The minimum atomic E-state index is -0.269. The smallest absolute Gasteiger partial charge is 0.246 e. The van der Waals surface area contributed by atoms with Crippen molar-refractivity contribution in [3.8, 4) is 0 Å². The Labute approximate surface area is 128 Å². The van der Waals surface area contributed by atoms with E-state index in [0.717, 1.165) is 32.2 Å². The highest BCUT2D eigenvalue weighted by Gasteiger charge is 2.47. The SMILES string of the molecule is CC(C)C1C(=O)N2CCCCC2C(=O)N1CCC(C)(C)C. The molecule has 0 aromatic heterocycles. The predicted molar refractivity (Wildman–Crippen MR) is 83.8 cm³/mol. The molecule has 2 aliphatic rings. The zero-order chi connectivity index (χ0) is 15.8. The van der Waals surface area contributed by atoms with Gasteiger partial charge < -0.3 is 9.80 Å². The van der Waals surface area contributed by atoms with Crippen LogP contribution in [0, 0.1) is 11.3 Å². The van der Waals surface area contributed by atoms with Crippen LogP contribution >= 0.6 is 0 Å². The monoisotopic (exact) mass is 294 g/mol. The third-order valence-corrected chi connectivity index (χ3v) is 4.68. The van der Waals surface area contributed by atoms with Crippen molar-refractivity contribution < 1.29 is 9.59 Å². The second-order valence-electron chi connectivity index (χ2n) is 8.07. The molecule has 2 heterocycles. The first kappa shape index (κ1) is 16.3. The van der Waals surface area contributed by atoms with Crippen LogP contribution in [0.3, 0.4) is 0 Å². The molecule has 0 N–H and O–H groups in total. The van der Waals surface area contributed by atoms with E-state index in [-0.39, 0.29) is 35.2 Å². The second-order valence-corrected chi connectivity index (χ2v) is 8.07. The standard InChI is InChI=1S/C17H30N2O2/c1-12(2)14-16(21)18-10-7-6-8-13(18)15(20)19(14)11-9-17(3,4)5/h12-14H,6-11H2,1-5H3. The van der Waals surface area contributed by atoms with Crippen LogP contribution in [0.2, 0.25) is 0 Å². The molecule has 2 aliphatic heterocycles. The van der Waals surface area contributed by atoms with Crippen LogP contribution in [0.4, 0.5) is 0 Å². The summed E-state index contributed by atoms with van der Waals surface area (Å²) >= 11 is 0. The maximum Gasteiger partial charge on any atom is 0.246 e. The highest BCUT2D eigenvalue weighted by molar-refractivity contribution is 5.97. The Hall–Kier alpha value is -1.06. The molecule has 0 bridgehead atoms. The van der Waals surface area contributed by atoms with E-state index < -0.39 is 0 Å². The van der Waals surface area contributed by atoms with Gasteiger partial charge in [0.25, 0.3) is 0 Å². The Morgan fingerprint density at radius 1 is 1.14 bits per heavy atom. The number of piperazine rings is 1. The number of amides is 2. The van der Waals surface area contributed by atoms with Crippen LogP contribution in [-0.2, 0) is 9.59 Å². The van der Waals surface area contributed by atoms with E-state index in [1.807, 2.05) is 23.6 Å². The molecule has 2 saturated heterocycles. The molecule has 0 aliphatic carbocycles. The molecular formula is C17H30N2O2. The predicted octanol–water partition coefficient (Wildman–Crippen LogP) is 2.67. The Morgan fingerprint density at radius 3 is 2.38 bits per heavy atom. The number of fused-ring (bicyclic) bond motifs is 1. The van der Waals surface area contributed by atoms with Crippen LogP contribution in [0.1, 0.15) is 60.3 Å². The average molecular weight is 294 g/mol. The summed E-state index contributed by atoms with van der Waals surface area (Å²) < 4.78 is 0. The molecule has 2 amide bonds. The number of piperidine rings is 1. The Morgan fingerprint density at radius 2 is 1.81 bits per heavy atom. The van der Waals surface area contributed by atoms with Crippen molar-refractivity contribution in [2.75, 3.05) is 13.1 Å². The lowest BCUT2D eigenvalue weighted by Crippen LogP contribution is -2.67. The van der Waals surface area contributed by atoms with Crippen molar-refractivity contribution in [1.82, 2.24) is 9.80 Å². The quantitative estimate of drug-likeness (QED) is 0.803. The second kappa shape index (κ2) is 5.98. The summed E-state index contributed by atoms with van der Waals surface area (Å²) in [6.07, 6.45) is 3.85. The lowest BCUT2D eigenvalue weighted by molar-refractivity contribution is -0.166. The van der Waals surface area contributed by atoms with Gasteiger partial charge in [-0.1, -0.05) is 34.6 Å². The van der Waals surface area contributed by atoms with Gasteiger partial charge in [0, 0.05) is 13.1 Å². The summed E-state index contributed by atoms with van der Waals surface area (Å²) in [6.45, 7) is 12.1. The molecule has 4 heteroatoms. The van der Waals surface area contributed by atoms with Crippen LogP contribution in [0.15, 0.2) is 0 Å². The summed E-state index contributed by atoms with van der Waals surface area (Å²) in [5, 5.41) is 0. The van der Waals surface area contributed by atoms with Crippen molar-refractivity contribution in [1.29, 1.82) is 0 Å². The van der Waals surface area contributed by atoms with Gasteiger partial charge >= 0.3 is 0 Å². The van der Waals surface area contributed by atoms with Crippen LogP contribution in [0.5, 0.6) is 0 Å². The number of rotatable bonds is 3. The summed E-state index contributed by atoms with van der Waals surface area (Å²) in [6, 6.07) is -0.463. The summed E-state index contributed by atoms with van der Waals surface area (Å²) in [5.41, 5.74) is 0.175. The highest BCUT2D eigenvalue weighted by Crippen LogP contribution is 2.30. The molecule has 2 rings (SSSR count). The first-order valence-electron chi connectivity index (χ1n) is 8.33. The topological polar surface area (TPSA) is 40.6 Å². The Balaban J connectivity index is 2.22. The molecule has 2 fully saturated rings. The first-order valence-corrected chi connectivity index (χ1v) is 8.33. The zero-order valence-corrected chi connectivity index (χ0v) is 14.2. The summed E-state index contributed by atoms with van der Waals surface area (Å²) in [4.78, 5) is 29.4. The largest absolute Gasteiger partial charge is 0.329 e. The van der Waals surface area contributed by atoms with Crippen molar-refractivity contribution >= 4 is 11.8 Å². The van der Waals surface area contributed by atoms with Crippen LogP contribution < -0.4 is 0 Å². The van der Waals surface area contributed by atoms with Gasteiger partial charge in [0.2, 0.25) is 11.8 Å². The van der Waals surface area contributed by atoms with E-state index in [4.69, 9.17) is 0 Å². The molecule has 2 atom stereocenters. The fourth-order valence-corrected chi connectivity index (χ4v) is 3.43. The fraction of sp³-hybridized carbons (Fsp3) is 0.882. The fourth-order valence-electron chi connectivity index (χ4n) is 3.43. The molecule has 2 unspecified atom stereocenters. The molecule has 21 heavy (non-hydrogen) atoms. The van der Waals surface area contributed by atoms with Gasteiger partial charge in [0.1, 0.15) is 12.1 Å². The average Bonchev–Trinajstić information content (AvgIpc) is 2.39. The number of carbonyl (C=O) groups excluding carboxylic acids is 2. The molecule has 4 nitrogen and oxygen atoms in total. The number of hydrogen-bond acceptors (Lipinski definition) is 2. The summed E-state index contributed by atoms with van der Waals surface area (Å²) in [5.74, 6) is 0.518. The van der Waals surface area contributed by atoms with Gasteiger partial charge in [-0.3, -0.25) is 9.59 Å². The van der Waals surface area contributed by atoms with Gasteiger partial charge in [0.15, 0.2) is 0 Å². The van der Waals surface area contributed by atoms with Crippen molar-refractivity contribution in [2.45, 2.75) is 72.4 Å². The highest BCUT2D eigenvalue weighted by atomic mass is 16.2. The lowest BCUT2D eigenvalue weighted by atomic mass is 9.88. The maximum absolute atomic E-state index is 12.9. The van der Waals surface area contributed by atoms with Gasteiger partial charge in [-0.15, -0.1) is 0 Å². The van der Waals surface area contributed by atoms with Crippen molar-refractivity contribution in [3.63, 3.8) is 0 Å². The minimum absolute atomic E-state index is 0.170. The summed E-state index contributed by atoms with van der Waals surface area (Å²) in [7, 11) is 0. The Bertz CT molecular complexity index is 412. The third kappa shape index (κ3) is 3.41. The van der Waals surface area contributed by atoms with E-state index >= 15 is 0 Å². The van der Waals surface area contributed by atoms with Gasteiger partial charge in [-0.05, 0) is 37.0 Å². The van der Waals surface area contributed by atoms with E-state index in [1.54, 1.807) is 0 Å². The number of carbonyl (C=O) groups is 2. The normalized spacial score (nSPS) is 27.3. The van der Waals surface area contributed by atoms with E-state index in [2.05, 4.69) is 20.8 Å². The van der Waals surface area contributed by atoms with Gasteiger partial charge in [-0.25, -0.2) is 0 Å². The van der Waals surface area contributed by atoms with Gasteiger partial charge in [-0.2, -0.15) is 0 Å². The number of nitrogens with zero attached hydrogens (tertiary/aromatic N) is 2. The molecule has 0 radical (unpaired) electrons. The molecule has 0 saturated carbocycles. The molecule has 120 valence electrons.